The summed E-state index contributed by atoms with van der Waals surface area (Å²) in [7, 11) is 5.17. The number of hydrogen-bond donors (Lipinski definition) is 2. The number of methoxy groups -OCH3 is 1. The Balaban J connectivity index is 2.01. The van der Waals surface area contributed by atoms with Crippen LogP contribution in [0.1, 0.15) is 11.1 Å². The summed E-state index contributed by atoms with van der Waals surface area (Å²) in [5, 5.41) is 9.53. The van der Waals surface area contributed by atoms with Gasteiger partial charge in [0.2, 0.25) is 0 Å². The quantitative estimate of drug-likeness (QED) is 0.795. The van der Waals surface area contributed by atoms with Crippen LogP contribution >= 0.6 is 0 Å². The summed E-state index contributed by atoms with van der Waals surface area (Å²) in [5.74, 6) is 1.37. The van der Waals surface area contributed by atoms with Crippen molar-refractivity contribution in [3.05, 3.63) is 59.7 Å². The first-order valence-corrected chi connectivity index (χ1v) is 8.42. The molecule has 2 aromatic carbocycles. The molecule has 0 aliphatic carbocycles. The molecule has 1 atom stereocenters. The smallest absolute Gasteiger partial charge is 0.353 e. The fourth-order valence-corrected chi connectivity index (χ4v) is 3.49. The Morgan fingerprint density at radius 1 is 1.08 bits per heavy atom. The molecular formula is C20H24N3O3+. The van der Waals surface area contributed by atoms with Gasteiger partial charge in [-0.1, -0.05) is 24.3 Å². The number of amides is 1. The zero-order chi connectivity index (χ0) is 18.9. The van der Waals surface area contributed by atoms with Crippen molar-refractivity contribution in [2.45, 2.75) is 18.4 Å². The molecule has 1 heterocycles. The van der Waals surface area contributed by atoms with E-state index in [-0.39, 0.29) is 11.7 Å². The Labute approximate surface area is 153 Å². The number of benzene rings is 2. The Hall–Kier alpha value is -3.02. The third kappa shape index (κ3) is 2.98. The number of nitrogens with zero attached hydrogens (tertiary/aromatic N) is 2. The van der Waals surface area contributed by atoms with Crippen LogP contribution in [0.3, 0.4) is 0 Å². The fourth-order valence-electron chi connectivity index (χ4n) is 3.49. The Bertz CT molecular complexity index is 844. The maximum atomic E-state index is 13.2. The second kappa shape index (κ2) is 6.71. The van der Waals surface area contributed by atoms with Gasteiger partial charge in [-0.25, -0.2) is 4.90 Å². The van der Waals surface area contributed by atoms with Gasteiger partial charge < -0.3 is 9.84 Å². The lowest BCUT2D eigenvalue weighted by Gasteiger charge is -2.27. The van der Waals surface area contributed by atoms with Crippen LogP contribution in [-0.4, -0.2) is 53.2 Å². The van der Waals surface area contributed by atoms with Gasteiger partial charge in [0.25, 0.3) is 0 Å². The van der Waals surface area contributed by atoms with Crippen LogP contribution in [0.25, 0.3) is 0 Å². The van der Waals surface area contributed by atoms with Crippen molar-refractivity contribution < 1.29 is 19.2 Å². The number of aromatic hydroxyl groups is 1. The minimum atomic E-state index is -0.815. The average molecular weight is 354 g/mol. The van der Waals surface area contributed by atoms with Crippen molar-refractivity contribution in [2.24, 2.45) is 5.73 Å². The molecule has 136 valence electrons. The summed E-state index contributed by atoms with van der Waals surface area (Å²) in [4.78, 5) is 14.7. The van der Waals surface area contributed by atoms with Crippen molar-refractivity contribution in [3.63, 3.8) is 0 Å². The Kier molecular flexibility index (Phi) is 4.59. The molecule has 0 saturated heterocycles. The van der Waals surface area contributed by atoms with Crippen LogP contribution < -0.4 is 10.5 Å². The fraction of sp³-hybridized carbons (Fsp3) is 0.300. The molecule has 1 unspecified atom stereocenters. The molecule has 3 rings (SSSR count). The van der Waals surface area contributed by atoms with E-state index in [0.717, 1.165) is 16.9 Å². The van der Waals surface area contributed by atoms with Gasteiger partial charge in [-0.05, 0) is 35.4 Å². The van der Waals surface area contributed by atoms with Crippen molar-refractivity contribution >= 4 is 11.9 Å². The molecule has 0 fully saturated rings. The number of phenolic OH excluding ortho intramolecular Hbond substituents is 1. The number of rotatable bonds is 5. The van der Waals surface area contributed by atoms with E-state index in [1.807, 2.05) is 48.0 Å². The number of phenols is 1. The van der Waals surface area contributed by atoms with E-state index >= 15 is 0 Å². The zero-order valence-corrected chi connectivity index (χ0v) is 15.3. The van der Waals surface area contributed by atoms with E-state index in [9.17, 15) is 9.90 Å². The van der Waals surface area contributed by atoms with Crippen LogP contribution in [0.5, 0.6) is 11.5 Å². The minimum absolute atomic E-state index is 0.0404. The molecular weight excluding hydrogens is 330 g/mol. The number of likely N-dealkylation sites (N-methyl/N-ethyl adjacent to an activating group) is 2. The highest BCUT2D eigenvalue weighted by Crippen LogP contribution is 2.30. The van der Waals surface area contributed by atoms with E-state index in [2.05, 4.69) is 0 Å². The van der Waals surface area contributed by atoms with Gasteiger partial charge in [-0.3, -0.25) is 15.1 Å². The SMILES string of the molecule is COc1ccc(CC2(Cc3ccc(O)cc3)C(=O)N(C)C(N)=[N+]2C)cc1. The Morgan fingerprint density at radius 2 is 1.58 bits per heavy atom. The highest BCUT2D eigenvalue weighted by Gasteiger charge is 2.54. The van der Waals surface area contributed by atoms with Crippen molar-refractivity contribution in [3.8, 4) is 11.5 Å². The third-order valence-corrected chi connectivity index (χ3v) is 5.12. The lowest BCUT2D eigenvalue weighted by Crippen LogP contribution is -2.50. The molecule has 0 aromatic heterocycles. The molecule has 1 amide bonds. The molecule has 0 radical (unpaired) electrons. The maximum absolute atomic E-state index is 13.2. The molecule has 1 aliphatic rings. The first-order valence-electron chi connectivity index (χ1n) is 8.42. The van der Waals surface area contributed by atoms with E-state index in [1.54, 1.807) is 26.3 Å². The van der Waals surface area contributed by atoms with Crippen molar-refractivity contribution in [1.29, 1.82) is 0 Å². The summed E-state index contributed by atoms with van der Waals surface area (Å²) in [5.41, 5.74) is 7.32. The zero-order valence-electron chi connectivity index (χ0n) is 15.3. The summed E-state index contributed by atoms with van der Waals surface area (Å²) in [6.07, 6.45) is 0.998. The maximum Gasteiger partial charge on any atom is 0.353 e. The first kappa shape index (κ1) is 17.8. The number of carbonyl (C=O) groups excluding carboxylic acids is 1. The molecule has 0 saturated carbocycles. The van der Waals surface area contributed by atoms with Gasteiger partial charge in [0.05, 0.1) is 21.2 Å². The standard InChI is InChI=1S/C20H23N3O3/c1-22-18(25)20(23(2)19(22)21,12-14-4-8-16(24)9-5-14)13-15-6-10-17(26-3)11-7-15/h4-11,21,24H,12-13H2,1-3H3/p+1. The second-order valence-corrected chi connectivity index (χ2v) is 6.68. The number of carbonyl (C=O) groups is 1. The molecule has 0 bridgehead atoms. The molecule has 3 N–H and O–H groups in total. The van der Waals surface area contributed by atoms with E-state index in [0.29, 0.717) is 18.8 Å². The van der Waals surface area contributed by atoms with Gasteiger partial charge in [0.15, 0.2) is 5.54 Å². The lowest BCUT2D eigenvalue weighted by atomic mass is 9.83. The van der Waals surface area contributed by atoms with Gasteiger partial charge in [-0.2, -0.15) is 0 Å². The van der Waals surface area contributed by atoms with E-state index in [4.69, 9.17) is 10.5 Å². The molecule has 6 heteroatoms. The molecule has 1 aliphatic heterocycles. The number of ether oxygens (including phenoxy) is 1. The third-order valence-electron chi connectivity index (χ3n) is 5.12. The molecule has 6 nitrogen and oxygen atoms in total. The monoisotopic (exact) mass is 354 g/mol. The van der Waals surface area contributed by atoms with Crippen molar-refractivity contribution in [2.75, 3.05) is 21.2 Å². The predicted molar refractivity (Wildman–Crippen MR) is 99.4 cm³/mol. The van der Waals surface area contributed by atoms with Gasteiger partial charge in [-0.15, -0.1) is 0 Å². The molecule has 0 spiro atoms. The summed E-state index contributed by atoms with van der Waals surface area (Å²) < 4.78 is 7.07. The molecule has 26 heavy (non-hydrogen) atoms. The second-order valence-electron chi connectivity index (χ2n) is 6.68. The van der Waals surface area contributed by atoms with Crippen LogP contribution in [0, 0.1) is 0 Å². The predicted octanol–water partition coefficient (Wildman–Crippen LogP) is 1.35. The topological polar surface area (TPSA) is 78.8 Å². The minimum Gasteiger partial charge on any atom is -0.508 e. The lowest BCUT2D eigenvalue weighted by molar-refractivity contribution is -0.561. The Morgan fingerprint density at radius 3 is 2.00 bits per heavy atom. The van der Waals surface area contributed by atoms with Crippen molar-refractivity contribution in [1.82, 2.24) is 4.90 Å². The number of hydrogen-bond acceptors (Lipinski definition) is 4. The summed E-state index contributed by atoms with van der Waals surface area (Å²) >= 11 is 0. The van der Waals surface area contributed by atoms with Crippen LogP contribution in [0.2, 0.25) is 0 Å². The number of nitrogens with two attached hydrogens (primary N) is 1. The number of guanidine groups is 1. The largest absolute Gasteiger partial charge is 0.508 e. The van der Waals surface area contributed by atoms with Crippen LogP contribution in [0.15, 0.2) is 48.5 Å². The normalized spacial score (nSPS) is 20.0. The van der Waals surface area contributed by atoms with Gasteiger partial charge in [0, 0.05) is 12.8 Å². The van der Waals surface area contributed by atoms with E-state index in [1.165, 1.54) is 4.90 Å². The van der Waals surface area contributed by atoms with Crippen LogP contribution in [0.4, 0.5) is 0 Å². The highest BCUT2D eigenvalue weighted by atomic mass is 16.5. The highest BCUT2D eigenvalue weighted by molar-refractivity contribution is 6.02. The van der Waals surface area contributed by atoms with Gasteiger partial charge >= 0.3 is 11.9 Å². The van der Waals surface area contributed by atoms with Crippen LogP contribution in [-0.2, 0) is 17.6 Å². The summed E-state index contributed by atoms with van der Waals surface area (Å²) in [6.45, 7) is 0. The molecule has 2 aromatic rings. The first-order chi connectivity index (χ1) is 12.4. The average Bonchev–Trinajstić information content (AvgIpc) is 2.80. The van der Waals surface area contributed by atoms with E-state index < -0.39 is 5.54 Å². The van der Waals surface area contributed by atoms with Gasteiger partial charge in [0.1, 0.15) is 11.5 Å². The summed E-state index contributed by atoms with van der Waals surface area (Å²) in [6, 6.07) is 14.6.